The molecule has 0 aliphatic carbocycles. The Morgan fingerprint density at radius 2 is 1.41 bits per heavy atom. The van der Waals surface area contributed by atoms with Gasteiger partial charge in [-0.15, -0.1) is 0 Å². The highest BCUT2D eigenvalue weighted by atomic mass is 16.7. The number of para-hydroxylation sites is 1. The number of fused-ring (bicyclic) bond motifs is 1. The van der Waals surface area contributed by atoms with E-state index in [1.807, 2.05) is 73.6 Å². The maximum atomic E-state index is 12.9. The lowest BCUT2D eigenvalue weighted by Gasteiger charge is -2.32. The van der Waals surface area contributed by atoms with Crippen LogP contribution >= 0.6 is 0 Å². The summed E-state index contributed by atoms with van der Waals surface area (Å²) in [4.78, 5) is 29.2. The van der Waals surface area contributed by atoms with Crippen LogP contribution < -0.4 is 16.4 Å². The first kappa shape index (κ1) is 31.4. The normalized spacial score (nSPS) is 21.7. The molecule has 0 unspecified atom stereocenters. The summed E-state index contributed by atoms with van der Waals surface area (Å²) >= 11 is 0. The number of rotatable bonds is 6. The van der Waals surface area contributed by atoms with E-state index in [1.165, 1.54) is 7.11 Å². The minimum absolute atomic E-state index is 0.0954. The number of aromatic nitrogens is 1. The van der Waals surface area contributed by atoms with Crippen molar-refractivity contribution in [3.05, 3.63) is 23.8 Å². The molecular formula is C29H44B2N2O8. The van der Waals surface area contributed by atoms with Crippen LogP contribution in [0.4, 0.5) is 4.79 Å². The van der Waals surface area contributed by atoms with E-state index in [9.17, 15) is 9.59 Å². The number of aromatic amines is 1. The van der Waals surface area contributed by atoms with Crippen LogP contribution in [0, 0.1) is 0 Å². The van der Waals surface area contributed by atoms with E-state index in [0.717, 1.165) is 21.9 Å². The van der Waals surface area contributed by atoms with E-state index < -0.39 is 60.3 Å². The van der Waals surface area contributed by atoms with E-state index in [4.69, 9.17) is 28.1 Å². The lowest BCUT2D eigenvalue weighted by molar-refractivity contribution is -0.143. The lowest BCUT2D eigenvalue weighted by atomic mass is 9.77. The molecule has 1 amide bonds. The fourth-order valence-electron chi connectivity index (χ4n) is 4.85. The summed E-state index contributed by atoms with van der Waals surface area (Å²) < 4.78 is 36.1. The van der Waals surface area contributed by atoms with Gasteiger partial charge in [-0.1, -0.05) is 18.2 Å². The SMILES string of the molecule is COC(=O)[C@H](Cc1c(B2OC(C)(C)C(C)(C)O2)[nH]c2c(B3OC(C)(C)C(C)(C)O3)cccc12)NC(=O)OC(C)(C)C. The maximum absolute atomic E-state index is 12.9. The molecule has 0 spiro atoms. The topological polar surface area (TPSA) is 117 Å². The van der Waals surface area contributed by atoms with Crippen molar-refractivity contribution in [1.29, 1.82) is 0 Å². The number of carbonyl (C=O) groups is 2. The minimum atomic E-state index is -1.03. The molecule has 2 aliphatic heterocycles. The van der Waals surface area contributed by atoms with Crippen molar-refractivity contribution in [3.63, 3.8) is 0 Å². The highest BCUT2D eigenvalue weighted by Gasteiger charge is 2.54. The molecule has 2 fully saturated rings. The van der Waals surface area contributed by atoms with E-state index in [0.29, 0.717) is 5.59 Å². The highest BCUT2D eigenvalue weighted by Crippen LogP contribution is 2.39. The van der Waals surface area contributed by atoms with Gasteiger partial charge in [-0.25, -0.2) is 9.59 Å². The molecule has 3 heterocycles. The van der Waals surface area contributed by atoms with E-state index in [-0.39, 0.29) is 6.42 Å². The summed E-state index contributed by atoms with van der Waals surface area (Å²) in [6.45, 7) is 21.2. The van der Waals surface area contributed by atoms with Gasteiger partial charge >= 0.3 is 26.3 Å². The first-order chi connectivity index (χ1) is 18.7. The molecule has 1 aromatic carbocycles. The van der Waals surface area contributed by atoms with Crippen LogP contribution in [0.2, 0.25) is 0 Å². The minimum Gasteiger partial charge on any atom is -0.467 e. The Morgan fingerprint density at radius 1 is 0.902 bits per heavy atom. The zero-order chi connectivity index (χ0) is 30.8. The van der Waals surface area contributed by atoms with Gasteiger partial charge in [-0.2, -0.15) is 0 Å². The van der Waals surface area contributed by atoms with Gasteiger partial charge in [-0.3, -0.25) is 0 Å². The van der Waals surface area contributed by atoms with E-state index in [2.05, 4.69) is 10.3 Å². The quantitative estimate of drug-likeness (QED) is 0.401. The van der Waals surface area contributed by atoms with Crippen molar-refractivity contribution in [2.45, 2.75) is 117 Å². The number of hydrogen-bond acceptors (Lipinski definition) is 8. The predicted octanol–water partition coefficient (Wildman–Crippen LogP) is 3.38. The van der Waals surface area contributed by atoms with Gasteiger partial charge in [0.2, 0.25) is 0 Å². The molecule has 4 rings (SSSR count). The smallest absolute Gasteiger partial charge is 0.467 e. The fourth-order valence-corrected chi connectivity index (χ4v) is 4.85. The number of esters is 1. The monoisotopic (exact) mass is 570 g/mol. The van der Waals surface area contributed by atoms with Crippen LogP contribution in [0.5, 0.6) is 0 Å². The predicted molar refractivity (Wildman–Crippen MR) is 159 cm³/mol. The molecule has 2 aliphatic rings. The molecule has 0 saturated carbocycles. The molecule has 41 heavy (non-hydrogen) atoms. The number of H-pyrrole nitrogens is 1. The second-order valence-corrected chi connectivity index (χ2v) is 13.9. The third-order valence-corrected chi connectivity index (χ3v) is 8.59. The number of amides is 1. The van der Waals surface area contributed by atoms with Gasteiger partial charge in [0.25, 0.3) is 0 Å². The van der Waals surface area contributed by atoms with E-state index >= 15 is 0 Å². The van der Waals surface area contributed by atoms with Gasteiger partial charge < -0.3 is 38.4 Å². The summed E-state index contributed by atoms with van der Waals surface area (Å²) in [6.07, 6.45) is -0.624. The van der Waals surface area contributed by atoms with Crippen LogP contribution in [-0.2, 0) is 39.3 Å². The first-order valence-electron chi connectivity index (χ1n) is 14.1. The van der Waals surface area contributed by atoms with Crippen molar-refractivity contribution >= 4 is 48.3 Å². The van der Waals surface area contributed by atoms with Crippen LogP contribution in [0.3, 0.4) is 0 Å². The van der Waals surface area contributed by atoms with Gasteiger partial charge in [0.1, 0.15) is 11.6 Å². The number of ether oxygens (including phenoxy) is 2. The summed E-state index contributed by atoms with van der Waals surface area (Å²) in [7, 11) is -0.0988. The Hall–Kier alpha value is -2.53. The van der Waals surface area contributed by atoms with Crippen molar-refractivity contribution < 1.29 is 37.7 Å². The summed E-state index contributed by atoms with van der Waals surface area (Å²) in [6, 6.07) is 4.79. The van der Waals surface area contributed by atoms with Crippen LogP contribution in [0.1, 0.15) is 81.7 Å². The standard InChI is InChI=1S/C29H44B2N2O8/c1-25(2,3)37-24(35)32-20(23(34)36-12)16-18-17-14-13-15-19(30-38-26(4,5)27(6,7)39-30)21(17)33-22(18)31-40-28(8,9)29(10,11)41-31/h13-15,20,33H,16H2,1-12H3,(H,32,35)/t20-/m0/s1. The number of alkyl carbamates (subject to hydrolysis) is 1. The van der Waals surface area contributed by atoms with Gasteiger partial charge in [0.05, 0.1) is 29.5 Å². The molecule has 10 nitrogen and oxygen atoms in total. The van der Waals surface area contributed by atoms with Crippen LogP contribution in [-0.4, -0.2) is 72.4 Å². The largest absolute Gasteiger partial charge is 0.512 e. The van der Waals surface area contributed by atoms with Gasteiger partial charge in [0.15, 0.2) is 0 Å². The molecule has 2 saturated heterocycles. The van der Waals surface area contributed by atoms with Crippen LogP contribution in [0.15, 0.2) is 18.2 Å². The molecule has 12 heteroatoms. The average molecular weight is 570 g/mol. The first-order valence-corrected chi connectivity index (χ1v) is 14.1. The van der Waals surface area contributed by atoms with Gasteiger partial charge in [-0.05, 0) is 81.7 Å². The molecule has 0 radical (unpaired) electrons. The van der Waals surface area contributed by atoms with Crippen molar-refractivity contribution in [2.75, 3.05) is 7.11 Å². The Kier molecular flexibility index (Phi) is 7.91. The Labute approximate surface area is 243 Å². The Balaban J connectivity index is 1.82. The number of methoxy groups -OCH3 is 1. The zero-order valence-corrected chi connectivity index (χ0v) is 26.4. The van der Waals surface area contributed by atoms with Gasteiger partial charge in [0, 0.05) is 28.4 Å². The molecule has 1 atom stereocenters. The summed E-state index contributed by atoms with van der Waals surface area (Å²) in [5.74, 6) is -0.604. The Morgan fingerprint density at radius 3 is 1.90 bits per heavy atom. The van der Waals surface area contributed by atoms with Crippen molar-refractivity contribution in [1.82, 2.24) is 10.3 Å². The fraction of sp³-hybridized carbons (Fsp3) is 0.655. The second-order valence-electron chi connectivity index (χ2n) is 13.9. The molecule has 0 bridgehead atoms. The third kappa shape index (κ3) is 6.02. The highest BCUT2D eigenvalue weighted by molar-refractivity contribution is 6.66. The molecule has 2 aromatic rings. The van der Waals surface area contributed by atoms with Crippen molar-refractivity contribution in [3.8, 4) is 0 Å². The molecule has 1 aromatic heterocycles. The Bertz CT molecular complexity index is 1300. The van der Waals surface area contributed by atoms with Crippen LogP contribution in [0.25, 0.3) is 10.9 Å². The molecule has 224 valence electrons. The van der Waals surface area contributed by atoms with Crippen molar-refractivity contribution in [2.24, 2.45) is 0 Å². The summed E-state index contributed by atoms with van der Waals surface area (Å²) in [5, 5.41) is 3.51. The number of benzene rings is 1. The zero-order valence-electron chi connectivity index (χ0n) is 26.4. The maximum Gasteiger partial charge on any atom is 0.512 e. The van der Waals surface area contributed by atoms with E-state index in [1.54, 1.807) is 20.8 Å². The number of nitrogens with one attached hydrogen (secondary N) is 2. The summed E-state index contributed by atoms with van der Waals surface area (Å²) in [5.41, 5.74) is -0.0442. The third-order valence-electron chi connectivity index (χ3n) is 8.59. The lowest BCUT2D eigenvalue weighted by Crippen LogP contribution is -2.47. The molecule has 2 N–H and O–H groups in total. The number of hydrogen-bond donors (Lipinski definition) is 2. The molecular weight excluding hydrogens is 526 g/mol. The average Bonchev–Trinajstić information content (AvgIpc) is 3.36. The second kappa shape index (κ2) is 10.3. The number of carbonyl (C=O) groups excluding carboxylic acids is 2.